The smallest absolute Gasteiger partial charge is 0.343 e. The lowest BCUT2D eigenvalue weighted by Gasteiger charge is -2.41. The van der Waals surface area contributed by atoms with Crippen LogP contribution >= 0.6 is 0 Å². The molecule has 0 aromatic heterocycles. The van der Waals surface area contributed by atoms with Crippen molar-refractivity contribution in [2.24, 2.45) is 0 Å². The number of phenols is 12. The van der Waals surface area contributed by atoms with Crippen LogP contribution < -0.4 is 14.2 Å². The molecule has 324 valence electrons. The van der Waals surface area contributed by atoms with Crippen molar-refractivity contribution in [3.05, 3.63) is 124 Å². The van der Waals surface area contributed by atoms with Crippen LogP contribution in [0.15, 0.2) is 84.9 Å². The summed E-state index contributed by atoms with van der Waals surface area (Å²) in [6.45, 7) is 0. The van der Waals surface area contributed by atoms with E-state index in [9.17, 15) is 76.0 Å². The summed E-state index contributed by atoms with van der Waals surface area (Å²) in [6.07, 6.45) is -6.55. The quantitative estimate of drug-likeness (QED) is 0.0576. The first kappa shape index (κ1) is 41.2. The second kappa shape index (κ2) is 15.5. The molecule has 6 aromatic carbocycles. The van der Waals surface area contributed by atoms with Gasteiger partial charge in [0.2, 0.25) is 0 Å². The van der Waals surface area contributed by atoms with Gasteiger partial charge in [0.25, 0.3) is 0 Å². The Morgan fingerprint density at radius 2 is 1.08 bits per heavy atom. The molecule has 8 rings (SSSR count). The molecule has 2 heterocycles. The van der Waals surface area contributed by atoms with Crippen LogP contribution in [0.5, 0.6) is 86.2 Å². The standard InChI is InChI=1S/C44H34O19/c45-20-3-4-21-33(13-20)60-40(17-2-6-24(47)26(49)8-17)42(63-44(59)19-11-30(53)38(57)31(54)12-19)35(21)36-27(50)15-34(61-43(58)18-9-28(51)37(56)29(52)10-18)22-14-32(55)39(62-41(22)36)16-1-5-23(46)25(48)7-16/h1-13,15,32,35,39-40,42,45-57H,14H2/t32-,35-,39-,40-,42-/m1/s1. The van der Waals surface area contributed by atoms with Crippen molar-refractivity contribution in [3.8, 4) is 86.2 Å². The fraction of sp³-hybridized carbons (Fsp3) is 0.136. The van der Waals surface area contributed by atoms with Crippen LogP contribution in [-0.4, -0.2) is 90.5 Å². The van der Waals surface area contributed by atoms with Crippen LogP contribution in [0, 0.1) is 0 Å². The molecule has 0 fully saturated rings. The van der Waals surface area contributed by atoms with Crippen LogP contribution in [0.1, 0.15) is 66.7 Å². The Morgan fingerprint density at radius 1 is 0.540 bits per heavy atom. The van der Waals surface area contributed by atoms with E-state index >= 15 is 0 Å². The number of aliphatic hydroxyl groups excluding tert-OH is 1. The summed E-state index contributed by atoms with van der Waals surface area (Å²) in [5, 5.41) is 136. The normalized spacial score (nSPS) is 18.8. The summed E-state index contributed by atoms with van der Waals surface area (Å²) in [5.74, 6) is -13.5. The van der Waals surface area contributed by atoms with Gasteiger partial charge >= 0.3 is 11.9 Å². The molecule has 2 aliphatic rings. The van der Waals surface area contributed by atoms with E-state index < -0.39 is 129 Å². The highest BCUT2D eigenvalue weighted by molar-refractivity contribution is 5.93. The maximum atomic E-state index is 14.1. The minimum Gasteiger partial charge on any atom is -0.508 e. The highest BCUT2D eigenvalue weighted by atomic mass is 16.6. The molecule has 0 unspecified atom stereocenters. The predicted octanol–water partition coefficient (Wildman–Crippen LogP) is 4.90. The van der Waals surface area contributed by atoms with E-state index in [0.29, 0.717) is 0 Å². The Labute approximate surface area is 353 Å². The van der Waals surface area contributed by atoms with E-state index in [0.717, 1.165) is 54.6 Å². The maximum Gasteiger partial charge on any atom is 0.343 e. The zero-order valence-corrected chi connectivity index (χ0v) is 31.9. The fourth-order valence-corrected chi connectivity index (χ4v) is 7.59. The summed E-state index contributed by atoms with van der Waals surface area (Å²) >= 11 is 0. The van der Waals surface area contributed by atoms with Crippen LogP contribution in [0.4, 0.5) is 0 Å². The van der Waals surface area contributed by atoms with Crippen molar-refractivity contribution in [1.29, 1.82) is 0 Å². The van der Waals surface area contributed by atoms with E-state index in [-0.39, 0.29) is 45.1 Å². The van der Waals surface area contributed by atoms with Gasteiger partial charge in [-0.3, -0.25) is 0 Å². The Hall–Kier alpha value is -8.58. The molecule has 5 atom stereocenters. The largest absolute Gasteiger partial charge is 0.508 e. The molecular formula is C44H34O19. The molecule has 0 bridgehead atoms. The first-order valence-corrected chi connectivity index (χ1v) is 18.6. The van der Waals surface area contributed by atoms with Gasteiger partial charge in [0.1, 0.15) is 34.9 Å². The van der Waals surface area contributed by atoms with Crippen molar-refractivity contribution in [2.45, 2.75) is 36.8 Å². The molecular weight excluding hydrogens is 832 g/mol. The van der Waals surface area contributed by atoms with Crippen LogP contribution in [-0.2, 0) is 11.2 Å². The second-order valence-electron chi connectivity index (χ2n) is 14.6. The second-order valence-corrected chi connectivity index (χ2v) is 14.6. The first-order valence-electron chi connectivity index (χ1n) is 18.6. The van der Waals surface area contributed by atoms with Crippen LogP contribution in [0.3, 0.4) is 0 Å². The van der Waals surface area contributed by atoms with Crippen LogP contribution in [0.25, 0.3) is 0 Å². The average Bonchev–Trinajstić information content (AvgIpc) is 3.23. The molecule has 0 radical (unpaired) electrons. The molecule has 19 heteroatoms. The van der Waals surface area contributed by atoms with Crippen molar-refractivity contribution < 1.29 is 94.9 Å². The summed E-state index contributed by atoms with van der Waals surface area (Å²) in [7, 11) is 0. The minimum absolute atomic E-state index is 0.0478. The molecule has 0 aliphatic carbocycles. The van der Waals surface area contributed by atoms with Crippen molar-refractivity contribution in [3.63, 3.8) is 0 Å². The summed E-state index contributed by atoms with van der Waals surface area (Å²) < 4.78 is 24.5. The molecule has 0 saturated heterocycles. The van der Waals surface area contributed by atoms with E-state index in [4.69, 9.17) is 18.9 Å². The average molecular weight is 867 g/mol. The lowest BCUT2D eigenvalue weighted by atomic mass is 9.77. The maximum absolute atomic E-state index is 14.1. The monoisotopic (exact) mass is 866 g/mol. The fourth-order valence-electron chi connectivity index (χ4n) is 7.59. The van der Waals surface area contributed by atoms with Gasteiger partial charge in [-0.25, -0.2) is 9.59 Å². The molecule has 13 N–H and O–H groups in total. The molecule has 0 amide bonds. The number of phenolic OH excluding ortho intramolecular Hbond substituents is 12. The number of hydrogen-bond acceptors (Lipinski definition) is 19. The number of rotatable bonds is 7. The lowest BCUT2D eigenvalue weighted by molar-refractivity contribution is -0.0280. The number of ether oxygens (including phenoxy) is 4. The number of benzene rings is 6. The van der Waals surface area contributed by atoms with Gasteiger partial charge in [-0.15, -0.1) is 0 Å². The Kier molecular flexibility index (Phi) is 10.1. The number of carbonyl (C=O) groups is 2. The van der Waals surface area contributed by atoms with E-state index in [2.05, 4.69) is 0 Å². The minimum atomic E-state index is -1.70. The van der Waals surface area contributed by atoms with E-state index in [1.54, 1.807) is 0 Å². The Bertz CT molecular complexity index is 2810. The number of fused-ring (bicyclic) bond motifs is 2. The Balaban J connectivity index is 1.36. The van der Waals surface area contributed by atoms with E-state index in [1.807, 2.05) is 0 Å². The van der Waals surface area contributed by atoms with Crippen molar-refractivity contribution in [2.75, 3.05) is 0 Å². The van der Waals surface area contributed by atoms with Crippen molar-refractivity contribution >= 4 is 11.9 Å². The van der Waals surface area contributed by atoms with E-state index in [1.165, 1.54) is 30.3 Å². The third-order valence-electron chi connectivity index (χ3n) is 10.6. The molecule has 6 aromatic rings. The van der Waals surface area contributed by atoms with Gasteiger partial charge in [0.15, 0.2) is 69.7 Å². The summed E-state index contributed by atoms with van der Waals surface area (Å²) in [4.78, 5) is 27.6. The third-order valence-corrected chi connectivity index (χ3v) is 10.6. The summed E-state index contributed by atoms with van der Waals surface area (Å²) in [6, 6.07) is 15.0. The molecule has 0 spiro atoms. The van der Waals surface area contributed by atoms with Gasteiger partial charge in [-0.1, -0.05) is 18.2 Å². The SMILES string of the molecule is O=C(Oc1cc(O)c([C@H]2c3ccc(O)cc3O[C@H](c3ccc(O)c(O)c3)[C@@H]2OC(=O)c2cc(O)c(O)c(O)c2)c2c1C[C@@H](O)[C@@H](c1ccc(O)c(O)c1)O2)c1cc(O)c(O)c(O)c1. The molecule has 0 saturated carbocycles. The lowest BCUT2D eigenvalue weighted by Crippen LogP contribution is -2.39. The topological polar surface area (TPSA) is 334 Å². The highest BCUT2D eigenvalue weighted by Crippen LogP contribution is 2.57. The number of hydrogen-bond donors (Lipinski definition) is 13. The van der Waals surface area contributed by atoms with Crippen molar-refractivity contribution in [1.82, 2.24) is 0 Å². The first-order chi connectivity index (χ1) is 29.9. The molecule has 19 nitrogen and oxygen atoms in total. The summed E-state index contributed by atoms with van der Waals surface area (Å²) in [5.41, 5.74) is -1.03. The number of aliphatic hydroxyl groups is 1. The zero-order valence-electron chi connectivity index (χ0n) is 31.9. The van der Waals surface area contributed by atoms with Gasteiger partial charge in [-0.05, 0) is 60.2 Å². The van der Waals surface area contributed by atoms with Gasteiger partial charge < -0.3 is 85.3 Å². The molecule has 63 heavy (non-hydrogen) atoms. The third kappa shape index (κ3) is 7.37. The van der Waals surface area contributed by atoms with Crippen LogP contribution in [0.2, 0.25) is 0 Å². The molecule has 2 aliphatic heterocycles. The highest BCUT2D eigenvalue weighted by Gasteiger charge is 2.48. The number of aromatic hydroxyl groups is 12. The van der Waals surface area contributed by atoms with Gasteiger partial charge in [0.05, 0.1) is 23.1 Å². The number of esters is 2. The predicted molar refractivity (Wildman–Crippen MR) is 211 cm³/mol. The van der Waals surface area contributed by atoms with Gasteiger partial charge in [-0.2, -0.15) is 0 Å². The number of carbonyl (C=O) groups excluding carboxylic acids is 2. The van der Waals surface area contributed by atoms with Gasteiger partial charge in [0, 0.05) is 40.8 Å². The zero-order chi connectivity index (χ0) is 45.2. The Morgan fingerprint density at radius 3 is 1.63 bits per heavy atom.